The van der Waals surface area contributed by atoms with Crippen LogP contribution in [0, 0.1) is 0 Å². The first kappa shape index (κ1) is 18.1. The SMILES string of the molecule is COc1cc(OC)c(Cl)c(C2=Cc3cnc(Cl)cc3N(C)C2O)c1Cl. The molecular weight excluding hydrogens is 387 g/mol. The van der Waals surface area contributed by atoms with E-state index in [0.717, 1.165) is 11.3 Å². The van der Waals surface area contributed by atoms with Gasteiger partial charge in [-0.15, -0.1) is 0 Å². The number of aliphatic hydroxyl groups is 1. The number of aromatic nitrogens is 1. The highest BCUT2D eigenvalue weighted by atomic mass is 35.5. The van der Waals surface area contributed by atoms with Crippen LogP contribution in [0.25, 0.3) is 11.6 Å². The Labute approximate surface area is 160 Å². The van der Waals surface area contributed by atoms with E-state index >= 15 is 0 Å². The molecule has 2 heterocycles. The molecule has 0 saturated heterocycles. The second kappa shape index (κ2) is 6.92. The number of likely N-dealkylation sites (N-methyl/N-ethyl adjacent to an activating group) is 1. The lowest BCUT2D eigenvalue weighted by molar-refractivity contribution is 0.232. The lowest BCUT2D eigenvalue weighted by Crippen LogP contribution is -2.35. The predicted octanol–water partition coefficient (Wildman–Crippen LogP) is 4.37. The summed E-state index contributed by atoms with van der Waals surface area (Å²) in [5.74, 6) is 0.794. The van der Waals surface area contributed by atoms with E-state index in [2.05, 4.69) is 4.98 Å². The van der Waals surface area contributed by atoms with E-state index in [1.807, 2.05) is 0 Å². The molecule has 0 aliphatic carbocycles. The fourth-order valence-electron chi connectivity index (χ4n) is 2.77. The van der Waals surface area contributed by atoms with Gasteiger partial charge in [-0.1, -0.05) is 34.8 Å². The van der Waals surface area contributed by atoms with Gasteiger partial charge < -0.3 is 19.5 Å². The van der Waals surface area contributed by atoms with Crippen LogP contribution in [0.15, 0.2) is 18.3 Å². The number of pyridine rings is 1. The van der Waals surface area contributed by atoms with Crippen molar-refractivity contribution in [3.8, 4) is 11.5 Å². The van der Waals surface area contributed by atoms with Crippen LogP contribution < -0.4 is 14.4 Å². The zero-order valence-corrected chi connectivity index (χ0v) is 15.9. The summed E-state index contributed by atoms with van der Waals surface area (Å²) in [6.45, 7) is 0. The van der Waals surface area contributed by atoms with Crippen molar-refractivity contribution in [1.82, 2.24) is 4.98 Å². The standard InChI is InChI=1S/C17H15Cl3N2O3/c1-22-10-5-13(18)21-7-8(10)4-9(17(22)23)14-15(19)11(24-2)6-12(25-3)16(14)20/h4-7,17,23H,1-3H3. The molecule has 1 N–H and O–H groups in total. The topological polar surface area (TPSA) is 54.8 Å². The minimum atomic E-state index is -0.988. The Kier molecular flexibility index (Phi) is 5.02. The maximum absolute atomic E-state index is 10.8. The van der Waals surface area contributed by atoms with Crippen LogP contribution in [-0.4, -0.2) is 37.6 Å². The van der Waals surface area contributed by atoms with Gasteiger partial charge in [-0.25, -0.2) is 4.98 Å². The van der Waals surface area contributed by atoms with Crippen LogP contribution in [0.5, 0.6) is 11.5 Å². The second-order valence-corrected chi connectivity index (χ2v) is 6.58. The second-order valence-electron chi connectivity index (χ2n) is 5.43. The number of fused-ring (bicyclic) bond motifs is 1. The molecule has 0 fully saturated rings. The molecule has 0 saturated carbocycles. The smallest absolute Gasteiger partial charge is 0.153 e. The number of ether oxygens (including phenoxy) is 2. The average molecular weight is 402 g/mol. The van der Waals surface area contributed by atoms with Gasteiger partial charge in [-0.3, -0.25) is 0 Å². The Bertz CT molecular complexity index is 842. The molecule has 132 valence electrons. The van der Waals surface area contributed by atoms with Crippen molar-refractivity contribution < 1.29 is 14.6 Å². The number of hydrogen-bond acceptors (Lipinski definition) is 5. The molecule has 1 atom stereocenters. The predicted molar refractivity (Wildman–Crippen MR) is 101 cm³/mol. The Morgan fingerprint density at radius 1 is 1.08 bits per heavy atom. The number of anilines is 1. The molecule has 1 aromatic carbocycles. The number of benzene rings is 1. The van der Waals surface area contributed by atoms with E-state index in [9.17, 15) is 5.11 Å². The molecule has 0 spiro atoms. The van der Waals surface area contributed by atoms with E-state index in [-0.39, 0.29) is 10.0 Å². The zero-order chi connectivity index (χ0) is 18.3. The molecule has 25 heavy (non-hydrogen) atoms. The van der Waals surface area contributed by atoms with Crippen LogP contribution in [0.1, 0.15) is 11.1 Å². The third-order valence-corrected chi connectivity index (χ3v) is 5.03. The molecule has 0 amide bonds. The molecular formula is C17H15Cl3N2O3. The monoisotopic (exact) mass is 400 g/mol. The highest BCUT2D eigenvalue weighted by molar-refractivity contribution is 6.40. The molecule has 0 radical (unpaired) electrons. The summed E-state index contributed by atoms with van der Waals surface area (Å²) in [6, 6.07) is 3.28. The van der Waals surface area contributed by atoms with E-state index in [0.29, 0.717) is 27.8 Å². The number of nitrogens with zero attached hydrogens (tertiary/aromatic N) is 2. The summed E-state index contributed by atoms with van der Waals surface area (Å²) in [5.41, 5.74) is 2.48. The number of halogens is 3. The van der Waals surface area contributed by atoms with Crippen LogP contribution in [0.4, 0.5) is 5.69 Å². The number of hydrogen-bond donors (Lipinski definition) is 1. The van der Waals surface area contributed by atoms with Gasteiger partial charge in [0, 0.05) is 36.0 Å². The molecule has 1 aromatic heterocycles. The molecule has 1 unspecified atom stereocenters. The van der Waals surface area contributed by atoms with Crippen LogP contribution in [-0.2, 0) is 0 Å². The van der Waals surface area contributed by atoms with Crippen molar-refractivity contribution in [2.75, 3.05) is 26.2 Å². The first-order valence-corrected chi connectivity index (χ1v) is 8.40. The van der Waals surface area contributed by atoms with Gasteiger partial charge in [0.1, 0.15) is 16.7 Å². The van der Waals surface area contributed by atoms with Gasteiger partial charge >= 0.3 is 0 Å². The molecule has 1 aliphatic rings. The minimum absolute atomic E-state index is 0.289. The van der Waals surface area contributed by atoms with E-state index in [4.69, 9.17) is 44.3 Å². The summed E-state index contributed by atoms with van der Waals surface area (Å²) in [4.78, 5) is 5.75. The highest BCUT2D eigenvalue weighted by Crippen LogP contribution is 2.47. The summed E-state index contributed by atoms with van der Waals surface area (Å²) >= 11 is 18.9. The van der Waals surface area contributed by atoms with E-state index in [1.54, 1.807) is 36.4 Å². The van der Waals surface area contributed by atoms with Crippen molar-refractivity contribution in [3.05, 3.63) is 44.7 Å². The van der Waals surface area contributed by atoms with E-state index in [1.165, 1.54) is 14.2 Å². The van der Waals surface area contributed by atoms with Crippen molar-refractivity contribution in [2.45, 2.75) is 6.23 Å². The lowest BCUT2D eigenvalue weighted by Gasteiger charge is -2.34. The molecule has 2 aromatic rings. The molecule has 3 rings (SSSR count). The fraction of sp³-hybridized carbons (Fsp3) is 0.235. The largest absolute Gasteiger partial charge is 0.495 e. The summed E-state index contributed by atoms with van der Waals surface area (Å²) in [6.07, 6.45) is 2.41. The summed E-state index contributed by atoms with van der Waals surface area (Å²) in [7, 11) is 4.74. The quantitative estimate of drug-likeness (QED) is 0.774. The fourth-order valence-corrected chi connectivity index (χ4v) is 3.64. The Balaban J connectivity index is 2.27. The Hall–Kier alpha value is -1.66. The Morgan fingerprint density at radius 2 is 1.68 bits per heavy atom. The van der Waals surface area contributed by atoms with Gasteiger partial charge in [-0.05, 0) is 12.1 Å². The average Bonchev–Trinajstić information content (AvgIpc) is 2.60. The molecule has 5 nitrogen and oxygen atoms in total. The zero-order valence-electron chi connectivity index (χ0n) is 13.7. The van der Waals surface area contributed by atoms with Crippen molar-refractivity contribution in [2.24, 2.45) is 0 Å². The van der Waals surface area contributed by atoms with Gasteiger partial charge in [0.2, 0.25) is 0 Å². The molecule has 0 bridgehead atoms. The summed E-state index contributed by atoms with van der Waals surface area (Å²) < 4.78 is 10.6. The third-order valence-electron chi connectivity index (χ3n) is 4.08. The Morgan fingerprint density at radius 3 is 2.24 bits per heavy atom. The van der Waals surface area contributed by atoms with Crippen LogP contribution >= 0.6 is 34.8 Å². The van der Waals surface area contributed by atoms with E-state index < -0.39 is 6.23 Å². The third kappa shape index (κ3) is 3.02. The van der Waals surface area contributed by atoms with Crippen molar-refractivity contribution in [3.63, 3.8) is 0 Å². The normalized spacial score (nSPS) is 16.4. The lowest BCUT2D eigenvalue weighted by atomic mass is 9.96. The maximum Gasteiger partial charge on any atom is 0.153 e. The van der Waals surface area contributed by atoms with Crippen molar-refractivity contribution in [1.29, 1.82) is 0 Å². The van der Waals surface area contributed by atoms with Gasteiger partial charge in [0.05, 0.1) is 30.0 Å². The van der Waals surface area contributed by atoms with Gasteiger partial charge in [-0.2, -0.15) is 0 Å². The van der Waals surface area contributed by atoms with Crippen molar-refractivity contribution >= 4 is 52.1 Å². The first-order valence-electron chi connectivity index (χ1n) is 7.27. The molecule has 8 heteroatoms. The summed E-state index contributed by atoms with van der Waals surface area (Å²) in [5, 5.41) is 11.7. The van der Waals surface area contributed by atoms with Crippen LogP contribution in [0.3, 0.4) is 0 Å². The molecule has 1 aliphatic heterocycles. The van der Waals surface area contributed by atoms with Crippen LogP contribution in [0.2, 0.25) is 15.2 Å². The number of rotatable bonds is 3. The minimum Gasteiger partial charge on any atom is -0.495 e. The maximum atomic E-state index is 10.8. The number of methoxy groups -OCH3 is 2. The number of aliphatic hydroxyl groups excluding tert-OH is 1. The van der Waals surface area contributed by atoms with Gasteiger partial charge in [0.15, 0.2) is 6.23 Å². The highest BCUT2D eigenvalue weighted by Gasteiger charge is 2.30. The van der Waals surface area contributed by atoms with Gasteiger partial charge in [0.25, 0.3) is 0 Å². The first-order chi connectivity index (χ1) is 11.9.